The molecule has 0 saturated heterocycles. The molecule has 1 aromatic carbocycles. The second-order valence-corrected chi connectivity index (χ2v) is 5.58. The molecule has 1 aromatic rings. The number of nitrogens with one attached hydrogen (secondary N) is 2. The molecule has 0 spiro atoms. The van der Waals surface area contributed by atoms with Gasteiger partial charge in [0.1, 0.15) is 0 Å². The zero-order valence-corrected chi connectivity index (χ0v) is 12.3. The van der Waals surface area contributed by atoms with Crippen LogP contribution in [0.2, 0.25) is 0 Å². The first-order chi connectivity index (χ1) is 10.1. The number of benzene rings is 1. The quantitative estimate of drug-likeness (QED) is 0.777. The molecule has 1 aliphatic rings. The third kappa shape index (κ3) is 3.82. The molecule has 0 atom stereocenters. The van der Waals surface area contributed by atoms with Crippen molar-refractivity contribution in [2.24, 2.45) is 0 Å². The minimum atomic E-state index is -0.486. The first-order valence-corrected chi connectivity index (χ1v) is 7.42. The van der Waals surface area contributed by atoms with Gasteiger partial charge < -0.3 is 15.7 Å². The van der Waals surface area contributed by atoms with Gasteiger partial charge in [-0.3, -0.25) is 9.59 Å². The van der Waals surface area contributed by atoms with Crippen molar-refractivity contribution in [1.29, 1.82) is 0 Å². The molecular weight excluding hydrogens is 268 g/mol. The molecule has 1 fully saturated rings. The van der Waals surface area contributed by atoms with Crippen LogP contribution in [0.25, 0.3) is 0 Å². The maximum atomic E-state index is 12.3. The molecule has 0 bridgehead atoms. The Labute approximate surface area is 124 Å². The summed E-state index contributed by atoms with van der Waals surface area (Å²) < 4.78 is 0. The summed E-state index contributed by atoms with van der Waals surface area (Å²) in [7, 11) is 0. The van der Waals surface area contributed by atoms with E-state index in [0.29, 0.717) is 17.7 Å². The number of amides is 2. The smallest absolute Gasteiger partial charge is 0.251 e. The number of anilines is 1. The molecule has 0 unspecified atom stereocenters. The number of carbonyl (C=O) groups excluding carboxylic acids is 2. The molecular formula is C16H22N2O3. The van der Waals surface area contributed by atoms with Crippen LogP contribution in [0.15, 0.2) is 24.3 Å². The van der Waals surface area contributed by atoms with E-state index in [-0.39, 0.29) is 18.4 Å². The zero-order chi connectivity index (χ0) is 15.3. The molecule has 2 amide bonds. The predicted molar refractivity (Wildman–Crippen MR) is 81.1 cm³/mol. The van der Waals surface area contributed by atoms with E-state index < -0.39 is 5.54 Å². The van der Waals surface area contributed by atoms with Crippen LogP contribution in [0, 0.1) is 0 Å². The largest absolute Gasteiger partial charge is 0.394 e. The molecule has 21 heavy (non-hydrogen) atoms. The summed E-state index contributed by atoms with van der Waals surface area (Å²) in [5, 5.41) is 15.2. The molecule has 2 rings (SSSR count). The lowest BCUT2D eigenvalue weighted by molar-refractivity contribution is -0.115. The standard InChI is InChI=1S/C16H22N2O3/c1-2-14(20)17-13-7-5-6-12(10-13)15(21)18-16(11-19)8-3-4-9-16/h5-7,10,19H,2-4,8-9,11H2,1H3,(H,17,20)(H,18,21). The summed E-state index contributed by atoms with van der Waals surface area (Å²) in [6, 6.07) is 6.85. The van der Waals surface area contributed by atoms with Crippen LogP contribution in [-0.2, 0) is 4.79 Å². The van der Waals surface area contributed by atoms with Gasteiger partial charge in [0, 0.05) is 17.7 Å². The van der Waals surface area contributed by atoms with E-state index >= 15 is 0 Å². The van der Waals surface area contributed by atoms with Gasteiger partial charge in [0.15, 0.2) is 0 Å². The van der Waals surface area contributed by atoms with Crippen LogP contribution in [0.1, 0.15) is 49.4 Å². The van der Waals surface area contributed by atoms with Crippen LogP contribution in [0.5, 0.6) is 0 Å². The average Bonchev–Trinajstić information content (AvgIpc) is 2.96. The maximum absolute atomic E-state index is 12.3. The molecule has 5 nitrogen and oxygen atoms in total. The van der Waals surface area contributed by atoms with Crippen LogP contribution >= 0.6 is 0 Å². The average molecular weight is 290 g/mol. The van der Waals surface area contributed by atoms with Crippen molar-refractivity contribution >= 4 is 17.5 Å². The van der Waals surface area contributed by atoms with Crippen LogP contribution in [-0.4, -0.2) is 29.1 Å². The number of aliphatic hydroxyl groups excluding tert-OH is 1. The normalized spacial score (nSPS) is 16.5. The Hall–Kier alpha value is -1.88. The third-order valence-electron chi connectivity index (χ3n) is 3.97. The Morgan fingerprint density at radius 2 is 2.00 bits per heavy atom. The topological polar surface area (TPSA) is 78.4 Å². The van der Waals surface area contributed by atoms with Crippen molar-refractivity contribution in [1.82, 2.24) is 5.32 Å². The van der Waals surface area contributed by atoms with E-state index in [0.717, 1.165) is 25.7 Å². The van der Waals surface area contributed by atoms with Gasteiger partial charge in [0.25, 0.3) is 5.91 Å². The van der Waals surface area contributed by atoms with Crippen LogP contribution in [0.4, 0.5) is 5.69 Å². The second-order valence-electron chi connectivity index (χ2n) is 5.58. The molecule has 0 heterocycles. The minimum absolute atomic E-state index is 0.0367. The number of carbonyl (C=O) groups is 2. The Balaban J connectivity index is 2.08. The molecule has 3 N–H and O–H groups in total. The number of aliphatic hydroxyl groups is 1. The zero-order valence-electron chi connectivity index (χ0n) is 12.3. The van der Waals surface area contributed by atoms with Gasteiger partial charge in [-0.15, -0.1) is 0 Å². The van der Waals surface area contributed by atoms with E-state index in [4.69, 9.17) is 0 Å². The lowest BCUT2D eigenvalue weighted by Gasteiger charge is -2.28. The SMILES string of the molecule is CCC(=O)Nc1cccc(C(=O)NC2(CO)CCCC2)c1. The van der Waals surface area contributed by atoms with Gasteiger partial charge in [-0.2, -0.15) is 0 Å². The predicted octanol–water partition coefficient (Wildman–Crippen LogP) is 2.07. The molecule has 0 aromatic heterocycles. The van der Waals surface area contributed by atoms with Gasteiger partial charge in [-0.25, -0.2) is 0 Å². The monoisotopic (exact) mass is 290 g/mol. The Morgan fingerprint density at radius 3 is 2.62 bits per heavy atom. The fraction of sp³-hybridized carbons (Fsp3) is 0.500. The van der Waals surface area contributed by atoms with Gasteiger partial charge >= 0.3 is 0 Å². The van der Waals surface area contributed by atoms with E-state index in [1.54, 1.807) is 31.2 Å². The van der Waals surface area contributed by atoms with Crippen LogP contribution in [0.3, 0.4) is 0 Å². The first kappa shape index (κ1) is 15.5. The molecule has 0 aliphatic heterocycles. The van der Waals surface area contributed by atoms with Crippen LogP contribution < -0.4 is 10.6 Å². The second kappa shape index (κ2) is 6.72. The molecule has 0 radical (unpaired) electrons. The summed E-state index contributed by atoms with van der Waals surface area (Å²) in [4.78, 5) is 23.7. The van der Waals surface area contributed by atoms with Gasteiger partial charge in [0.2, 0.25) is 5.91 Å². The Morgan fingerprint density at radius 1 is 1.29 bits per heavy atom. The van der Waals surface area contributed by atoms with E-state index in [1.165, 1.54) is 0 Å². The lowest BCUT2D eigenvalue weighted by atomic mass is 9.98. The Kier molecular flexibility index (Phi) is 4.96. The van der Waals surface area contributed by atoms with Crippen molar-refractivity contribution in [2.75, 3.05) is 11.9 Å². The maximum Gasteiger partial charge on any atom is 0.251 e. The van der Waals surface area contributed by atoms with Crippen molar-refractivity contribution in [3.63, 3.8) is 0 Å². The summed E-state index contributed by atoms with van der Waals surface area (Å²) >= 11 is 0. The summed E-state index contributed by atoms with van der Waals surface area (Å²) in [5.41, 5.74) is 0.613. The van der Waals surface area contributed by atoms with Crippen molar-refractivity contribution in [3.05, 3.63) is 29.8 Å². The molecule has 114 valence electrons. The fourth-order valence-electron chi connectivity index (χ4n) is 2.67. The third-order valence-corrected chi connectivity index (χ3v) is 3.97. The first-order valence-electron chi connectivity index (χ1n) is 7.42. The van der Waals surface area contributed by atoms with Gasteiger partial charge in [-0.1, -0.05) is 25.8 Å². The molecule has 5 heteroatoms. The number of hydrogen-bond donors (Lipinski definition) is 3. The summed E-state index contributed by atoms with van der Waals surface area (Å²) in [6.45, 7) is 1.74. The molecule has 1 saturated carbocycles. The Bertz CT molecular complexity index is 522. The molecule has 1 aliphatic carbocycles. The highest BCUT2D eigenvalue weighted by molar-refractivity contribution is 5.97. The highest BCUT2D eigenvalue weighted by atomic mass is 16.3. The van der Waals surface area contributed by atoms with E-state index in [9.17, 15) is 14.7 Å². The van der Waals surface area contributed by atoms with E-state index in [2.05, 4.69) is 10.6 Å². The van der Waals surface area contributed by atoms with Crippen molar-refractivity contribution < 1.29 is 14.7 Å². The van der Waals surface area contributed by atoms with Crippen molar-refractivity contribution in [2.45, 2.75) is 44.6 Å². The lowest BCUT2D eigenvalue weighted by Crippen LogP contribution is -2.49. The van der Waals surface area contributed by atoms with Gasteiger partial charge in [0.05, 0.1) is 12.1 Å². The van der Waals surface area contributed by atoms with Crippen molar-refractivity contribution in [3.8, 4) is 0 Å². The minimum Gasteiger partial charge on any atom is -0.394 e. The highest BCUT2D eigenvalue weighted by Gasteiger charge is 2.34. The fourth-order valence-corrected chi connectivity index (χ4v) is 2.67. The summed E-state index contributed by atoms with van der Waals surface area (Å²) in [5.74, 6) is -0.297. The van der Waals surface area contributed by atoms with Gasteiger partial charge in [-0.05, 0) is 31.0 Å². The summed E-state index contributed by atoms with van der Waals surface area (Å²) in [6.07, 6.45) is 4.05. The number of hydrogen-bond acceptors (Lipinski definition) is 3. The number of rotatable bonds is 5. The highest BCUT2D eigenvalue weighted by Crippen LogP contribution is 2.29. The van der Waals surface area contributed by atoms with E-state index in [1.807, 2.05) is 0 Å².